The summed E-state index contributed by atoms with van der Waals surface area (Å²) in [6, 6.07) is 0. The summed E-state index contributed by atoms with van der Waals surface area (Å²) in [5, 5.41) is 2.28. The Labute approximate surface area is 75.7 Å². The van der Waals surface area contributed by atoms with Gasteiger partial charge in [0.2, 0.25) is 10.0 Å². The molecule has 0 radical (unpaired) electrons. The van der Waals surface area contributed by atoms with Crippen LogP contribution >= 0.6 is 11.3 Å². The number of hydrogen-bond donors (Lipinski definition) is 1. The highest BCUT2D eigenvalue weighted by molar-refractivity contribution is 7.92. The molecule has 1 heterocycles. The van der Waals surface area contributed by atoms with E-state index in [1.807, 2.05) is 12.3 Å². The van der Waals surface area contributed by atoms with Crippen molar-refractivity contribution in [2.45, 2.75) is 13.3 Å². The van der Waals surface area contributed by atoms with Crippen LogP contribution in [-0.4, -0.2) is 19.7 Å². The second kappa shape index (κ2) is 3.40. The first-order chi connectivity index (χ1) is 5.51. The van der Waals surface area contributed by atoms with Crippen molar-refractivity contribution in [1.29, 1.82) is 0 Å². The van der Waals surface area contributed by atoms with Gasteiger partial charge in [-0.2, -0.15) is 0 Å². The molecule has 1 rings (SSSR count). The summed E-state index contributed by atoms with van der Waals surface area (Å²) in [7, 11) is -3.17. The summed E-state index contributed by atoms with van der Waals surface area (Å²) in [6.45, 7) is 1.97. The molecule has 0 saturated carbocycles. The molecular formula is C6H10N2O2S2. The molecule has 0 atom stereocenters. The van der Waals surface area contributed by atoms with Crippen LogP contribution < -0.4 is 4.72 Å². The number of thiazole rings is 1. The number of rotatable bonds is 3. The summed E-state index contributed by atoms with van der Waals surface area (Å²) in [5.41, 5.74) is 0.908. The molecule has 0 unspecified atom stereocenters. The van der Waals surface area contributed by atoms with E-state index in [1.165, 1.54) is 11.3 Å². The third kappa shape index (κ3) is 2.78. The minimum Gasteiger partial charge on any atom is -0.259 e. The Morgan fingerprint density at radius 3 is 2.75 bits per heavy atom. The number of sulfonamides is 1. The first kappa shape index (κ1) is 9.47. The summed E-state index contributed by atoms with van der Waals surface area (Å²) in [6.07, 6.45) is 1.93. The maximum Gasteiger partial charge on any atom is 0.231 e. The van der Waals surface area contributed by atoms with E-state index in [-0.39, 0.29) is 0 Å². The van der Waals surface area contributed by atoms with Crippen LogP contribution in [0, 0.1) is 0 Å². The largest absolute Gasteiger partial charge is 0.259 e. The lowest BCUT2D eigenvalue weighted by Crippen LogP contribution is -2.09. The lowest BCUT2D eigenvalue weighted by Gasteiger charge is -1.95. The van der Waals surface area contributed by atoms with E-state index in [1.54, 1.807) is 0 Å². The number of anilines is 1. The average Bonchev–Trinajstić information content (AvgIpc) is 2.32. The highest BCUT2D eigenvalue weighted by atomic mass is 32.2. The molecule has 4 nitrogen and oxygen atoms in total. The fourth-order valence-electron chi connectivity index (χ4n) is 0.675. The molecule has 0 aromatic carbocycles. The van der Waals surface area contributed by atoms with E-state index >= 15 is 0 Å². The number of nitrogens with one attached hydrogen (secondary N) is 1. The van der Waals surface area contributed by atoms with Crippen molar-refractivity contribution in [3.05, 3.63) is 11.1 Å². The molecule has 0 saturated heterocycles. The minimum absolute atomic E-state index is 0.439. The Morgan fingerprint density at radius 2 is 2.33 bits per heavy atom. The van der Waals surface area contributed by atoms with Gasteiger partial charge in [0.25, 0.3) is 0 Å². The van der Waals surface area contributed by atoms with E-state index in [2.05, 4.69) is 9.71 Å². The molecule has 1 aromatic rings. The van der Waals surface area contributed by atoms with Crippen molar-refractivity contribution in [2.75, 3.05) is 11.0 Å². The normalized spacial score (nSPS) is 11.5. The summed E-state index contributed by atoms with van der Waals surface area (Å²) >= 11 is 1.30. The smallest absolute Gasteiger partial charge is 0.231 e. The quantitative estimate of drug-likeness (QED) is 0.805. The Morgan fingerprint density at radius 1 is 1.67 bits per heavy atom. The summed E-state index contributed by atoms with van der Waals surface area (Å²) in [5.74, 6) is 0. The van der Waals surface area contributed by atoms with Crippen LogP contribution in [0.25, 0.3) is 0 Å². The molecule has 6 heteroatoms. The van der Waals surface area contributed by atoms with Crippen LogP contribution in [0.3, 0.4) is 0 Å². The van der Waals surface area contributed by atoms with Gasteiger partial charge in [0.1, 0.15) is 0 Å². The zero-order chi connectivity index (χ0) is 9.19. The molecule has 0 spiro atoms. The molecule has 0 bridgehead atoms. The second-order valence-electron chi connectivity index (χ2n) is 2.37. The molecule has 1 N–H and O–H groups in total. The monoisotopic (exact) mass is 206 g/mol. The van der Waals surface area contributed by atoms with Crippen LogP contribution in [0.2, 0.25) is 0 Å². The zero-order valence-corrected chi connectivity index (χ0v) is 8.50. The van der Waals surface area contributed by atoms with Gasteiger partial charge in [0, 0.05) is 5.38 Å². The van der Waals surface area contributed by atoms with Gasteiger partial charge < -0.3 is 0 Å². The minimum atomic E-state index is -3.17. The first-order valence-electron chi connectivity index (χ1n) is 3.43. The Kier molecular flexibility index (Phi) is 2.69. The summed E-state index contributed by atoms with van der Waals surface area (Å²) in [4.78, 5) is 4.04. The molecule has 68 valence electrons. The van der Waals surface area contributed by atoms with E-state index in [4.69, 9.17) is 0 Å². The molecule has 0 aliphatic heterocycles. The first-order valence-corrected chi connectivity index (χ1v) is 6.20. The Hall–Kier alpha value is -0.620. The van der Waals surface area contributed by atoms with Gasteiger partial charge in [-0.25, -0.2) is 13.4 Å². The lowest BCUT2D eigenvalue weighted by atomic mass is 10.4. The third-order valence-corrected chi connectivity index (χ3v) is 2.69. The van der Waals surface area contributed by atoms with Gasteiger partial charge in [-0.1, -0.05) is 6.92 Å². The zero-order valence-electron chi connectivity index (χ0n) is 6.86. The standard InChI is InChI=1S/C6H10N2O2S2/c1-3-5-4-11-6(7-5)8-12(2,9)10/h4H,3H2,1-2H3,(H,7,8). The van der Waals surface area contributed by atoms with Gasteiger partial charge in [-0.05, 0) is 6.42 Å². The lowest BCUT2D eigenvalue weighted by molar-refractivity contribution is 0.607. The Balaban J connectivity index is 2.78. The van der Waals surface area contributed by atoms with Crippen LogP contribution in [0.4, 0.5) is 5.13 Å². The van der Waals surface area contributed by atoms with E-state index in [0.29, 0.717) is 5.13 Å². The van der Waals surface area contributed by atoms with Gasteiger partial charge >= 0.3 is 0 Å². The molecule has 1 aromatic heterocycles. The molecule has 12 heavy (non-hydrogen) atoms. The van der Waals surface area contributed by atoms with Crippen molar-refractivity contribution < 1.29 is 8.42 Å². The topological polar surface area (TPSA) is 59.1 Å². The van der Waals surface area contributed by atoms with Crippen LogP contribution in [0.5, 0.6) is 0 Å². The van der Waals surface area contributed by atoms with E-state index < -0.39 is 10.0 Å². The maximum atomic E-state index is 10.8. The van der Waals surface area contributed by atoms with Gasteiger partial charge in [0.15, 0.2) is 5.13 Å². The molecule has 0 aliphatic rings. The van der Waals surface area contributed by atoms with Crippen LogP contribution in [0.1, 0.15) is 12.6 Å². The van der Waals surface area contributed by atoms with Gasteiger partial charge in [0.05, 0.1) is 11.9 Å². The van der Waals surface area contributed by atoms with Crippen molar-refractivity contribution >= 4 is 26.5 Å². The SMILES string of the molecule is CCc1csc(NS(C)(=O)=O)n1. The number of nitrogens with zero attached hydrogens (tertiary/aromatic N) is 1. The molecule has 0 fully saturated rings. The molecule has 0 amide bonds. The van der Waals surface area contributed by atoms with Crippen molar-refractivity contribution in [3.63, 3.8) is 0 Å². The van der Waals surface area contributed by atoms with E-state index in [0.717, 1.165) is 18.4 Å². The van der Waals surface area contributed by atoms with Crippen LogP contribution in [0.15, 0.2) is 5.38 Å². The average molecular weight is 206 g/mol. The fourth-order valence-corrected chi connectivity index (χ4v) is 2.32. The van der Waals surface area contributed by atoms with Crippen molar-refractivity contribution in [2.24, 2.45) is 0 Å². The molecule has 0 aliphatic carbocycles. The van der Waals surface area contributed by atoms with E-state index in [9.17, 15) is 8.42 Å². The third-order valence-electron chi connectivity index (χ3n) is 1.19. The Bertz CT molecular complexity index is 355. The predicted molar refractivity (Wildman–Crippen MR) is 50.0 cm³/mol. The number of hydrogen-bond acceptors (Lipinski definition) is 4. The second-order valence-corrected chi connectivity index (χ2v) is 4.98. The highest BCUT2D eigenvalue weighted by Gasteiger charge is 2.05. The van der Waals surface area contributed by atoms with Crippen LogP contribution in [-0.2, 0) is 16.4 Å². The van der Waals surface area contributed by atoms with Gasteiger partial charge in [-0.15, -0.1) is 11.3 Å². The predicted octanol–water partition coefficient (Wildman–Crippen LogP) is 1.08. The number of aromatic nitrogens is 1. The summed E-state index contributed by atoms with van der Waals surface area (Å²) < 4.78 is 23.8. The maximum absolute atomic E-state index is 10.8. The van der Waals surface area contributed by atoms with Crippen molar-refractivity contribution in [3.8, 4) is 0 Å². The van der Waals surface area contributed by atoms with Gasteiger partial charge in [-0.3, -0.25) is 4.72 Å². The van der Waals surface area contributed by atoms with Crippen molar-refractivity contribution in [1.82, 2.24) is 4.98 Å². The highest BCUT2D eigenvalue weighted by Crippen LogP contribution is 2.16. The molecular weight excluding hydrogens is 196 g/mol. The number of aryl methyl sites for hydroxylation is 1. The fraction of sp³-hybridized carbons (Fsp3) is 0.500.